The van der Waals surface area contributed by atoms with Crippen LogP contribution in [0.3, 0.4) is 0 Å². The fourth-order valence-corrected chi connectivity index (χ4v) is 0. The van der Waals surface area contributed by atoms with Crippen molar-refractivity contribution in [3.8, 4) is 0 Å². The third-order valence-electron chi connectivity index (χ3n) is 0. The molecule has 0 aliphatic carbocycles. The van der Waals surface area contributed by atoms with Crippen LogP contribution in [0.15, 0.2) is 0 Å². The van der Waals surface area contributed by atoms with E-state index in [-0.39, 0.29) is 16.0 Å². The van der Waals surface area contributed by atoms with Crippen LogP contribution in [0.2, 0.25) is 0 Å². The van der Waals surface area contributed by atoms with Gasteiger partial charge in [-0.15, -0.1) is 0 Å². The van der Waals surface area contributed by atoms with Gasteiger partial charge in [0.1, 0.15) is 0 Å². The van der Waals surface area contributed by atoms with Gasteiger partial charge in [0.15, 0.2) is 0 Å². The summed E-state index contributed by atoms with van der Waals surface area (Å²) in [6.07, 6.45) is 0. The minimum Gasteiger partial charge on any atom is -0.344 e. The van der Waals surface area contributed by atoms with Crippen molar-refractivity contribution < 1.29 is 35.0 Å². The molecule has 1 unspecified atom stereocenters. The predicted molar refractivity (Wildman–Crippen MR) is 44.5 cm³/mol. The molecule has 12 heavy (non-hydrogen) atoms. The lowest BCUT2D eigenvalue weighted by Gasteiger charge is -1.68. The van der Waals surface area contributed by atoms with E-state index < -0.39 is 20.8 Å². The van der Waals surface area contributed by atoms with Crippen molar-refractivity contribution in [1.82, 2.24) is 6.15 Å². The van der Waals surface area contributed by atoms with Gasteiger partial charge in [-0.05, 0) is 0 Å². The highest BCUT2D eigenvalue weighted by atomic mass is 32.3. The molecule has 12 heteroatoms. The van der Waals surface area contributed by atoms with Gasteiger partial charge in [-0.3, -0.25) is 18.2 Å². The summed E-state index contributed by atoms with van der Waals surface area (Å²) in [5.41, 5.74) is 0. The summed E-state index contributed by atoms with van der Waals surface area (Å²) < 4.78 is 63.2. The molecule has 0 aromatic heterocycles. The Labute approximate surface area is 72.5 Å². The van der Waals surface area contributed by atoms with Gasteiger partial charge in [-0.1, -0.05) is 0 Å². The fraction of sp³-hybridized carbons (Fsp3) is 0. The smallest absolute Gasteiger partial charge is 0.344 e. The molecule has 0 aliphatic rings. The topological polar surface area (TPSA) is 184 Å². The first-order valence-corrected chi connectivity index (χ1v) is 4.19. The highest BCUT2D eigenvalue weighted by molar-refractivity contribution is 7.80. The van der Waals surface area contributed by atoms with E-state index in [9.17, 15) is 0 Å². The maximum atomic E-state index is 8.74. The molecular weight excluding hydrogens is 237 g/mol. The summed E-state index contributed by atoms with van der Waals surface area (Å²) in [7, 11) is -9.33. The molecule has 0 saturated heterocycles. The summed E-state index contributed by atoms with van der Waals surface area (Å²) in [6.45, 7) is 0. The van der Waals surface area contributed by atoms with Gasteiger partial charge in [0, 0.05) is 0 Å². The molecule has 0 aliphatic heterocycles. The highest BCUT2D eigenvalue weighted by Gasteiger charge is 1.85. The number of hydrogen-bond acceptors (Lipinski definition) is 5. The molecule has 0 aromatic carbocycles. The van der Waals surface area contributed by atoms with Crippen LogP contribution in [0, 0.1) is 0 Å². The minimum atomic E-state index is -4.67. The van der Waals surface area contributed by atoms with Gasteiger partial charge in [0.05, 0.1) is 0 Å². The van der Waals surface area contributed by atoms with E-state index in [1.54, 1.807) is 0 Å². The maximum absolute atomic E-state index is 8.74. The first kappa shape index (κ1) is 22.7. The van der Waals surface area contributed by atoms with Crippen LogP contribution >= 0.6 is 9.90 Å². The van der Waals surface area contributed by atoms with Crippen LogP contribution in [0.25, 0.3) is 0 Å². The van der Waals surface area contributed by atoms with E-state index >= 15 is 0 Å². The zero-order valence-corrected chi connectivity index (χ0v) is 8.70. The van der Waals surface area contributed by atoms with Gasteiger partial charge in [-0.2, -0.15) is 26.7 Å². The standard InChI is InChI=1S/H3N.2H2O4S.H3P/c;2*1-5(2,3)4;/h1H3;2*(H2,1,2,3,4);1H3. The van der Waals surface area contributed by atoms with Crippen molar-refractivity contribution in [3.63, 3.8) is 0 Å². The molecule has 0 fully saturated rings. The van der Waals surface area contributed by atoms with Gasteiger partial charge in [0.25, 0.3) is 0 Å². The Morgan fingerprint density at radius 2 is 0.667 bits per heavy atom. The van der Waals surface area contributed by atoms with E-state index in [0.717, 1.165) is 0 Å². The molecule has 1 atom stereocenters. The van der Waals surface area contributed by atoms with Gasteiger partial charge < -0.3 is 6.15 Å². The minimum absolute atomic E-state index is 0. The van der Waals surface area contributed by atoms with Gasteiger partial charge >= 0.3 is 20.8 Å². The SMILES string of the molecule is N.O=S(=O)(O)O.O=S(=O)(O)O.P. The fourth-order valence-electron chi connectivity index (χ4n) is 0. The average molecular weight is 247 g/mol. The predicted octanol–water partition coefficient (Wildman–Crippen LogP) is -1.09. The first-order valence-electron chi connectivity index (χ1n) is 1.40. The van der Waals surface area contributed by atoms with Crippen molar-refractivity contribution >= 4 is 30.7 Å². The van der Waals surface area contributed by atoms with Crippen molar-refractivity contribution in [2.24, 2.45) is 0 Å². The van der Waals surface area contributed by atoms with Crippen molar-refractivity contribution in [2.45, 2.75) is 0 Å². The van der Waals surface area contributed by atoms with Crippen molar-refractivity contribution in [3.05, 3.63) is 0 Å². The number of rotatable bonds is 0. The van der Waals surface area contributed by atoms with Crippen LogP contribution in [0.5, 0.6) is 0 Å². The van der Waals surface area contributed by atoms with Gasteiger partial charge in [-0.25, -0.2) is 0 Å². The molecule has 0 radical (unpaired) electrons. The van der Waals surface area contributed by atoms with Crippen LogP contribution < -0.4 is 6.15 Å². The first-order chi connectivity index (χ1) is 4.00. The Morgan fingerprint density at radius 3 is 0.667 bits per heavy atom. The van der Waals surface area contributed by atoms with E-state index in [0.29, 0.717) is 0 Å². The Kier molecular flexibility index (Phi) is 14.7. The second kappa shape index (κ2) is 7.76. The molecule has 0 aromatic rings. The Morgan fingerprint density at radius 1 is 0.667 bits per heavy atom. The second-order valence-corrected chi connectivity index (χ2v) is 2.69. The Balaban J connectivity index is -0.0000000457. The van der Waals surface area contributed by atoms with Gasteiger partial charge in [0.2, 0.25) is 0 Å². The third kappa shape index (κ3) is 50000. The lowest BCUT2D eigenvalue weighted by atomic mass is 14.0. The summed E-state index contributed by atoms with van der Waals surface area (Å²) in [5.74, 6) is 0. The van der Waals surface area contributed by atoms with Crippen LogP contribution in [0.4, 0.5) is 0 Å². The largest absolute Gasteiger partial charge is 0.394 e. The van der Waals surface area contributed by atoms with E-state index in [4.69, 9.17) is 35.0 Å². The quantitative estimate of drug-likeness (QED) is 0.262. The van der Waals surface area contributed by atoms with E-state index in [1.807, 2.05) is 0 Å². The molecular formula is H10NO8PS2. The highest BCUT2D eigenvalue weighted by Crippen LogP contribution is 1.59. The molecule has 0 rings (SSSR count). The molecule has 7 N–H and O–H groups in total. The lowest BCUT2D eigenvalue weighted by Crippen LogP contribution is -1.89. The summed E-state index contributed by atoms with van der Waals surface area (Å²) in [6, 6.07) is 0. The summed E-state index contributed by atoms with van der Waals surface area (Å²) in [5, 5.41) is 0. The number of hydrogen-bond donors (Lipinski definition) is 5. The Hall–Kier alpha value is 0.130. The normalized spacial score (nSPS) is 9.67. The maximum Gasteiger partial charge on any atom is 0.394 e. The van der Waals surface area contributed by atoms with Crippen LogP contribution in [0.1, 0.15) is 0 Å². The van der Waals surface area contributed by atoms with Crippen LogP contribution in [-0.4, -0.2) is 35.0 Å². The second-order valence-electron chi connectivity index (χ2n) is 0.896. The lowest BCUT2D eigenvalue weighted by molar-refractivity contribution is 0.378. The monoisotopic (exact) mass is 247 g/mol. The Bertz CT molecular complexity index is 213. The summed E-state index contributed by atoms with van der Waals surface area (Å²) >= 11 is 0. The molecule has 0 spiro atoms. The third-order valence-corrected chi connectivity index (χ3v) is 0. The van der Waals surface area contributed by atoms with E-state index in [2.05, 4.69) is 0 Å². The van der Waals surface area contributed by atoms with Crippen molar-refractivity contribution in [1.29, 1.82) is 0 Å². The molecule has 9 nitrogen and oxygen atoms in total. The zero-order chi connectivity index (χ0) is 9.00. The molecule has 0 bridgehead atoms. The summed E-state index contributed by atoms with van der Waals surface area (Å²) in [4.78, 5) is 0. The molecule has 80 valence electrons. The van der Waals surface area contributed by atoms with Crippen LogP contribution in [-0.2, 0) is 20.8 Å². The molecule has 0 heterocycles. The average Bonchev–Trinajstić information content (AvgIpc) is 1.12. The van der Waals surface area contributed by atoms with Crippen molar-refractivity contribution in [2.75, 3.05) is 0 Å². The zero-order valence-electron chi connectivity index (χ0n) is 5.65. The molecule has 0 saturated carbocycles. The van der Waals surface area contributed by atoms with E-state index in [1.165, 1.54) is 0 Å². The molecule has 0 amide bonds.